The number of ether oxygens (including phenoxy) is 1. The smallest absolute Gasteiger partial charge is 0.271 e. The van der Waals surface area contributed by atoms with Crippen LogP contribution in [-0.2, 0) is 4.79 Å². The van der Waals surface area contributed by atoms with Gasteiger partial charge in [-0.25, -0.2) is 0 Å². The zero-order valence-electron chi connectivity index (χ0n) is 11.9. The van der Waals surface area contributed by atoms with E-state index in [1.807, 2.05) is 27.7 Å². The molecule has 0 aromatic heterocycles. The van der Waals surface area contributed by atoms with Gasteiger partial charge >= 0.3 is 0 Å². The number of anilines is 1. The van der Waals surface area contributed by atoms with Crippen LogP contribution in [0.4, 0.5) is 5.69 Å². The summed E-state index contributed by atoms with van der Waals surface area (Å²) in [7, 11) is 0. The number of carbonyl (C=O) groups is 1. The summed E-state index contributed by atoms with van der Waals surface area (Å²) in [6.45, 7) is 7.87. The first kappa shape index (κ1) is 13.7. The van der Waals surface area contributed by atoms with E-state index in [9.17, 15) is 9.90 Å². The third-order valence-corrected chi connectivity index (χ3v) is 3.78. The molecule has 0 bridgehead atoms. The summed E-state index contributed by atoms with van der Waals surface area (Å²) in [6.07, 6.45) is 1.22. The van der Waals surface area contributed by atoms with Gasteiger partial charge in [-0.1, -0.05) is 13.8 Å². The zero-order chi connectivity index (χ0) is 14.2. The van der Waals surface area contributed by atoms with Gasteiger partial charge in [0.1, 0.15) is 11.5 Å². The molecule has 19 heavy (non-hydrogen) atoms. The lowest BCUT2D eigenvalue weighted by molar-refractivity contribution is -0.136. The number of hydrogen-bond donors (Lipinski definition) is 1. The summed E-state index contributed by atoms with van der Waals surface area (Å²) in [5.74, 6) is 0.737. The first-order valence-corrected chi connectivity index (χ1v) is 6.81. The van der Waals surface area contributed by atoms with Crippen molar-refractivity contribution >= 4 is 11.6 Å². The molecular formula is C15H21NO3. The SMILES string of the molecule is CCC1(CC)Oc2cc(O)ccc2N(C(C)C)C1=O. The van der Waals surface area contributed by atoms with E-state index < -0.39 is 5.60 Å². The van der Waals surface area contributed by atoms with Crippen LogP contribution in [0, 0.1) is 0 Å². The van der Waals surface area contributed by atoms with Gasteiger partial charge in [-0.15, -0.1) is 0 Å². The van der Waals surface area contributed by atoms with Gasteiger partial charge in [-0.2, -0.15) is 0 Å². The average molecular weight is 263 g/mol. The number of phenolic OH excluding ortho intramolecular Hbond substituents is 1. The van der Waals surface area contributed by atoms with E-state index in [-0.39, 0.29) is 17.7 Å². The molecule has 0 atom stereocenters. The highest BCUT2D eigenvalue weighted by molar-refractivity contribution is 6.03. The first-order chi connectivity index (χ1) is 8.95. The van der Waals surface area contributed by atoms with Crippen LogP contribution in [0.25, 0.3) is 0 Å². The van der Waals surface area contributed by atoms with Crippen LogP contribution in [0.1, 0.15) is 40.5 Å². The van der Waals surface area contributed by atoms with E-state index in [2.05, 4.69) is 0 Å². The fraction of sp³-hybridized carbons (Fsp3) is 0.533. The predicted molar refractivity (Wildman–Crippen MR) is 74.7 cm³/mol. The molecule has 0 aliphatic carbocycles. The molecule has 1 aromatic carbocycles. The summed E-state index contributed by atoms with van der Waals surface area (Å²) in [6, 6.07) is 4.95. The van der Waals surface area contributed by atoms with Crippen molar-refractivity contribution in [3.05, 3.63) is 18.2 Å². The second-order valence-electron chi connectivity index (χ2n) is 5.22. The van der Waals surface area contributed by atoms with Crippen LogP contribution in [0.3, 0.4) is 0 Å². The number of nitrogens with zero attached hydrogens (tertiary/aromatic N) is 1. The van der Waals surface area contributed by atoms with E-state index in [1.165, 1.54) is 0 Å². The number of phenols is 1. The van der Waals surface area contributed by atoms with Gasteiger partial charge in [0.15, 0.2) is 5.60 Å². The van der Waals surface area contributed by atoms with Crippen molar-refractivity contribution in [1.82, 2.24) is 0 Å². The molecule has 1 aromatic rings. The number of fused-ring (bicyclic) bond motifs is 1. The van der Waals surface area contributed by atoms with E-state index in [0.29, 0.717) is 18.6 Å². The predicted octanol–water partition coefficient (Wildman–Crippen LogP) is 3.08. The Morgan fingerprint density at radius 1 is 1.32 bits per heavy atom. The van der Waals surface area contributed by atoms with Crippen LogP contribution < -0.4 is 9.64 Å². The van der Waals surface area contributed by atoms with Gasteiger partial charge in [0, 0.05) is 12.1 Å². The van der Waals surface area contributed by atoms with Gasteiger partial charge < -0.3 is 14.7 Å². The lowest BCUT2D eigenvalue weighted by Crippen LogP contribution is -2.57. The van der Waals surface area contributed by atoms with Gasteiger partial charge in [-0.3, -0.25) is 4.79 Å². The van der Waals surface area contributed by atoms with Crippen molar-refractivity contribution in [2.45, 2.75) is 52.2 Å². The van der Waals surface area contributed by atoms with Crippen molar-refractivity contribution in [2.24, 2.45) is 0 Å². The maximum Gasteiger partial charge on any atom is 0.271 e. The molecular weight excluding hydrogens is 242 g/mol. The highest BCUT2D eigenvalue weighted by Crippen LogP contribution is 2.42. The van der Waals surface area contributed by atoms with E-state index >= 15 is 0 Å². The van der Waals surface area contributed by atoms with Crippen molar-refractivity contribution in [3.63, 3.8) is 0 Å². The van der Waals surface area contributed by atoms with Gasteiger partial charge in [0.2, 0.25) is 0 Å². The highest BCUT2D eigenvalue weighted by Gasteiger charge is 2.46. The van der Waals surface area contributed by atoms with Crippen LogP contribution >= 0.6 is 0 Å². The molecule has 0 unspecified atom stereocenters. The van der Waals surface area contributed by atoms with Gasteiger partial charge in [0.25, 0.3) is 5.91 Å². The van der Waals surface area contributed by atoms with Crippen molar-refractivity contribution in [3.8, 4) is 11.5 Å². The van der Waals surface area contributed by atoms with Crippen LogP contribution in [0.15, 0.2) is 18.2 Å². The van der Waals surface area contributed by atoms with Crippen LogP contribution in [0.2, 0.25) is 0 Å². The molecule has 1 heterocycles. The molecule has 0 fully saturated rings. The Hall–Kier alpha value is -1.71. The normalized spacial score (nSPS) is 17.3. The monoisotopic (exact) mass is 263 g/mol. The fourth-order valence-corrected chi connectivity index (χ4v) is 2.58. The maximum atomic E-state index is 12.7. The maximum absolute atomic E-state index is 12.7. The van der Waals surface area contributed by atoms with E-state index in [4.69, 9.17) is 4.74 Å². The Bertz CT molecular complexity index is 492. The molecule has 104 valence electrons. The summed E-state index contributed by atoms with van der Waals surface area (Å²) in [5.41, 5.74) is -0.0826. The van der Waals surface area contributed by atoms with Crippen molar-refractivity contribution in [1.29, 1.82) is 0 Å². The topological polar surface area (TPSA) is 49.8 Å². The number of carbonyl (C=O) groups excluding carboxylic acids is 1. The largest absolute Gasteiger partial charge is 0.508 e. The second-order valence-corrected chi connectivity index (χ2v) is 5.22. The third kappa shape index (κ3) is 2.05. The van der Waals surface area contributed by atoms with Crippen LogP contribution in [0.5, 0.6) is 11.5 Å². The summed E-state index contributed by atoms with van der Waals surface area (Å²) < 4.78 is 5.94. The molecule has 4 heteroatoms. The Morgan fingerprint density at radius 3 is 2.47 bits per heavy atom. The summed E-state index contributed by atoms with van der Waals surface area (Å²) in [5, 5.41) is 9.61. The molecule has 1 amide bonds. The average Bonchev–Trinajstić information content (AvgIpc) is 2.38. The molecule has 1 aliphatic rings. The zero-order valence-corrected chi connectivity index (χ0v) is 11.9. The number of benzene rings is 1. The number of amides is 1. The number of aromatic hydroxyl groups is 1. The minimum Gasteiger partial charge on any atom is -0.508 e. The van der Waals surface area contributed by atoms with Gasteiger partial charge in [0.05, 0.1) is 5.69 Å². The minimum absolute atomic E-state index is 0.00527. The molecule has 2 rings (SSSR count). The van der Waals surface area contributed by atoms with Gasteiger partial charge in [-0.05, 0) is 38.8 Å². The van der Waals surface area contributed by atoms with Crippen molar-refractivity contribution < 1.29 is 14.6 Å². The molecule has 0 spiro atoms. The quantitative estimate of drug-likeness (QED) is 0.911. The lowest BCUT2D eigenvalue weighted by atomic mass is 9.92. The number of hydrogen-bond acceptors (Lipinski definition) is 3. The van der Waals surface area contributed by atoms with E-state index in [1.54, 1.807) is 23.1 Å². The number of rotatable bonds is 3. The summed E-state index contributed by atoms with van der Waals surface area (Å²) in [4.78, 5) is 14.5. The molecule has 0 saturated heterocycles. The van der Waals surface area contributed by atoms with Crippen molar-refractivity contribution in [2.75, 3.05) is 4.90 Å². The highest BCUT2D eigenvalue weighted by atomic mass is 16.5. The lowest BCUT2D eigenvalue weighted by Gasteiger charge is -2.43. The first-order valence-electron chi connectivity index (χ1n) is 6.81. The van der Waals surface area contributed by atoms with E-state index in [0.717, 1.165) is 5.69 Å². The minimum atomic E-state index is -0.814. The third-order valence-electron chi connectivity index (χ3n) is 3.78. The Balaban J connectivity index is 2.59. The molecule has 1 aliphatic heterocycles. The van der Waals surface area contributed by atoms with Crippen LogP contribution in [-0.4, -0.2) is 22.7 Å². The Labute approximate surface area is 114 Å². The Morgan fingerprint density at radius 2 is 1.95 bits per heavy atom. The molecule has 1 N–H and O–H groups in total. The second kappa shape index (κ2) is 4.76. The standard InChI is InChI=1S/C15H21NO3/c1-5-15(6-2)14(18)16(10(3)4)12-8-7-11(17)9-13(12)19-15/h7-10,17H,5-6H2,1-4H3. The summed E-state index contributed by atoms with van der Waals surface area (Å²) >= 11 is 0. The molecule has 4 nitrogen and oxygen atoms in total. The Kier molecular flexibility index (Phi) is 3.43. The molecule has 0 saturated carbocycles. The molecule has 0 radical (unpaired) electrons. The fourth-order valence-electron chi connectivity index (χ4n) is 2.58.